The van der Waals surface area contributed by atoms with Crippen molar-refractivity contribution in [1.82, 2.24) is 4.72 Å². The molecular formula is C22H29ClN2O5S. The first-order chi connectivity index (χ1) is 14.5. The van der Waals surface area contributed by atoms with Gasteiger partial charge in [0, 0.05) is 17.2 Å². The van der Waals surface area contributed by atoms with Crippen LogP contribution in [0.2, 0.25) is 5.02 Å². The maximum atomic E-state index is 12.9. The molecule has 2 rings (SSSR count). The van der Waals surface area contributed by atoms with Gasteiger partial charge in [0.15, 0.2) is 0 Å². The van der Waals surface area contributed by atoms with E-state index in [0.29, 0.717) is 23.8 Å². The Balaban J connectivity index is 2.34. The lowest BCUT2D eigenvalue weighted by molar-refractivity contribution is 0.102. The Labute approximate surface area is 189 Å². The molecule has 0 aliphatic rings. The normalized spacial score (nSPS) is 11.8. The number of carbonyl (C=O) groups is 1. The number of hydrogen-bond acceptors (Lipinski definition) is 5. The molecule has 0 spiro atoms. The monoisotopic (exact) mass is 468 g/mol. The van der Waals surface area contributed by atoms with Gasteiger partial charge in [-0.15, -0.1) is 0 Å². The van der Waals surface area contributed by atoms with Crippen molar-refractivity contribution in [3.05, 3.63) is 47.0 Å². The number of anilines is 1. The van der Waals surface area contributed by atoms with Crippen LogP contribution in [-0.2, 0) is 10.0 Å². The van der Waals surface area contributed by atoms with E-state index in [9.17, 15) is 13.2 Å². The van der Waals surface area contributed by atoms with Crippen molar-refractivity contribution >= 4 is 33.2 Å². The Hall–Kier alpha value is -2.29. The van der Waals surface area contributed by atoms with E-state index in [1.807, 2.05) is 0 Å². The highest BCUT2D eigenvalue weighted by molar-refractivity contribution is 7.89. The van der Waals surface area contributed by atoms with Gasteiger partial charge in [0.25, 0.3) is 5.91 Å². The van der Waals surface area contributed by atoms with Gasteiger partial charge < -0.3 is 14.8 Å². The average molecular weight is 469 g/mol. The summed E-state index contributed by atoms with van der Waals surface area (Å²) in [5.74, 6) is 0.545. The van der Waals surface area contributed by atoms with Crippen molar-refractivity contribution < 1.29 is 22.7 Å². The van der Waals surface area contributed by atoms with Crippen LogP contribution in [-0.4, -0.2) is 33.6 Å². The van der Waals surface area contributed by atoms with E-state index >= 15 is 0 Å². The lowest BCUT2D eigenvalue weighted by Gasteiger charge is -2.21. The number of methoxy groups -OCH3 is 1. The maximum Gasteiger partial charge on any atom is 0.255 e. The van der Waals surface area contributed by atoms with Crippen LogP contribution in [0, 0.1) is 0 Å². The zero-order chi connectivity index (χ0) is 23.2. The van der Waals surface area contributed by atoms with E-state index in [4.69, 9.17) is 21.1 Å². The summed E-state index contributed by atoms with van der Waals surface area (Å²) in [6.45, 7) is 7.72. The molecule has 2 aromatic rings. The van der Waals surface area contributed by atoms with Crippen molar-refractivity contribution in [2.24, 2.45) is 0 Å². The molecule has 0 fully saturated rings. The van der Waals surface area contributed by atoms with Crippen LogP contribution < -0.4 is 19.5 Å². The molecule has 7 nitrogen and oxygen atoms in total. The molecule has 0 aliphatic carbocycles. The highest BCUT2D eigenvalue weighted by Crippen LogP contribution is 2.31. The van der Waals surface area contributed by atoms with Gasteiger partial charge >= 0.3 is 0 Å². The largest absolute Gasteiger partial charge is 0.497 e. The number of hydrogen-bond donors (Lipinski definition) is 2. The van der Waals surface area contributed by atoms with Crippen LogP contribution in [0.25, 0.3) is 0 Å². The number of halogens is 1. The lowest BCUT2D eigenvalue weighted by atomic mass is 10.1. The Morgan fingerprint density at radius 2 is 1.84 bits per heavy atom. The first kappa shape index (κ1) is 25.0. The summed E-state index contributed by atoms with van der Waals surface area (Å²) in [5.41, 5.74) is -0.139. The van der Waals surface area contributed by atoms with Gasteiger partial charge in [0.1, 0.15) is 16.4 Å². The van der Waals surface area contributed by atoms with E-state index < -0.39 is 21.5 Å². The number of rotatable bonds is 9. The van der Waals surface area contributed by atoms with Gasteiger partial charge in [-0.25, -0.2) is 13.1 Å². The van der Waals surface area contributed by atoms with E-state index in [-0.39, 0.29) is 15.5 Å². The molecule has 31 heavy (non-hydrogen) atoms. The van der Waals surface area contributed by atoms with Crippen LogP contribution >= 0.6 is 11.6 Å². The Kier molecular flexibility index (Phi) is 8.34. The molecule has 0 saturated carbocycles. The maximum absolute atomic E-state index is 12.9. The number of ether oxygens (including phenoxy) is 2. The lowest BCUT2D eigenvalue weighted by Crippen LogP contribution is -2.40. The van der Waals surface area contributed by atoms with E-state index in [2.05, 4.69) is 17.0 Å². The SMILES string of the molecule is CCCCOc1ccc(OC)cc1NC(=O)c1ccc(Cl)c(S(=O)(=O)NC(C)(C)C)c1. The second kappa shape index (κ2) is 10.3. The molecule has 170 valence electrons. The molecule has 0 aromatic heterocycles. The van der Waals surface area contributed by atoms with E-state index in [1.165, 1.54) is 25.3 Å². The van der Waals surface area contributed by atoms with Crippen LogP contribution in [0.4, 0.5) is 5.69 Å². The zero-order valence-corrected chi connectivity index (χ0v) is 20.0. The molecule has 2 aromatic carbocycles. The van der Waals surface area contributed by atoms with E-state index in [1.54, 1.807) is 39.0 Å². The third-order valence-corrected chi connectivity index (χ3v) is 6.35. The average Bonchev–Trinajstić information content (AvgIpc) is 2.67. The van der Waals surface area contributed by atoms with Crippen molar-refractivity contribution in [2.45, 2.75) is 51.0 Å². The Bertz CT molecular complexity index is 1030. The first-order valence-corrected chi connectivity index (χ1v) is 11.8. The number of sulfonamides is 1. The topological polar surface area (TPSA) is 93.7 Å². The molecular weight excluding hydrogens is 440 g/mol. The molecule has 1 amide bonds. The van der Waals surface area contributed by atoms with Crippen molar-refractivity contribution in [3.8, 4) is 11.5 Å². The minimum Gasteiger partial charge on any atom is -0.497 e. The minimum atomic E-state index is -3.92. The first-order valence-electron chi connectivity index (χ1n) is 9.92. The highest BCUT2D eigenvalue weighted by Gasteiger charge is 2.25. The minimum absolute atomic E-state index is 0.0262. The summed E-state index contributed by atoms with van der Waals surface area (Å²) in [5, 5.41) is 2.80. The quantitative estimate of drug-likeness (QED) is 0.513. The fourth-order valence-corrected chi connectivity index (χ4v) is 4.63. The van der Waals surface area contributed by atoms with Gasteiger partial charge in [0.2, 0.25) is 10.0 Å². The van der Waals surface area contributed by atoms with Gasteiger partial charge in [-0.05, 0) is 57.5 Å². The van der Waals surface area contributed by atoms with E-state index in [0.717, 1.165) is 12.8 Å². The van der Waals surface area contributed by atoms with Gasteiger partial charge in [-0.3, -0.25) is 4.79 Å². The third-order valence-electron chi connectivity index (χ3n) is 4.11. The van der Waals surface area contributed by atoms with Crippen molar-refractivity contribution in [2.75, 3.05) is 19.0 Å². The molecule has 0 bridgehead atoms. The smallest absolute Gasteiger partial charge is 0.255 e. The molecule has 0 heterocycles. The Morgan fingerprint density at radius 1 is 1.13 bits per heavy atom. The fourth-order valence-electron chi connectivity index (χ4n) is 2.69. The summed E-state index contributed by atoms with van der Waals surface area (Å²) in [6.07, 6.45) is 1.85. The molecule has 0 atom stereocenters. The summed E-state index contributed by atoms with van der Waals surface area (Å²) in [7, 11) is -2.39. The van der Waals surface area contributed by atoms with Gasteiger partial charge in [-0.2, -0.15) is 0 Å². The summed E-state index contributed by atoms with van der Waals surface area (Å²) in [6, 6.07) is 9.21. The molecule has 2 N–H and O–H groups in total. The second-order valence-corrected chi connectivity index (χ2v) is 10.1. The fraction of sp³-hybridized carbons (Fsp3) is 0.409. The van der Waals surface area contributed by atoms with Gasteiger partial charge in [0.05, 0.1) is 24.4 Å². The van der Waals surface area contributed by atoms with Crippen molar-refractivity contribution in [1.29, 1.82) is 0 Å². The van der Waals surface area contributed by atoms with Crippen LogP contribution in [0.5, 0.6) is 11.5 Å². The number of unbranched alkanes of at least 4 members (excludes halogenated alkanes) is 1. The van der Waals surface area contributed by atoms with Crippen LogP contribution in [0.1, 0.15) is 50.9 Å². The molecule has 9 heteroatoms. The Morgan fingerprint density at radius 3 is 2.45 bits per heavy atom. The van der Waals surface area contributed by atoms with Gasteiger partial charge in [-0.1, -0.05) is 24.9 Å². The number of benzene rings is 2. The number of carbonyl (C=O) groups excluding carboxylic acids is 1. The predicted molar refractivity (Wildman–Crippen MR) is 123 cm³/mol. The molecule has 0 unspecified atom stereocenters. The summed E-state index contributed by atoms with van der Waals surface area (Å²) >= 11 is 6.12. The molecule has 0 aliphatic heterocycles. The summed E-state index contributed by atoms with van der Waals surface area (Å²) < 4.78 is 39.0. The number of nitrogens with one attached hydrogen (secondary N) is 2. The standard InChI is InChI=1S/C22H29ClN2O5S/c1-6-7-12-30-19-11-9-16(29-5)14-18(19)24-21(26)15-8-10-17(23)20(13-15)31(27,28)25-22(2,3)4/h8-11,13-14,25H,6-7,12H2,1-5H3,(H,24,26). The number of amides is 1. The van der Waals surface area contributed by atoms with Crippen molar-refractivity contribution in [3.63, 3.8) is 0 Å². The molecule has 0 radical (unpaired) electrons. The highest BCUT2D eigenvalue weighted by atomic mass is 35.5. The molecule has 0 saturated heterocycles. The predicted octanol–water partition coefficient (Wildman–Crippen LogP) is 4.86. The third kappa shape index (κ3) is 7.12. The zero-order valence-electron chi connectivity index (χ0n) is 18.4. The summed E-state index contributed by atoms with van der Waals surface area (Å²) in [4.78, 5) is 12.7. The second-order valence-electron chi connectivity index (χ2n) is 8.02. The van der Waals surface area contributed by atoms with Crippen LogP contribution in [0.15, 0.2) is 41.3 Å². The van der Waals surface area contributed by atoms with Crippen LogP contribution in [0.3, 0.4) is 0 Å².